The van der Waals surface area contributed by atoms with Crippen LogP contribution in [0.2, 0.25) is 36.3 Å². The van der Waals surface area contributed by atoms with E-state index < -0.39 is 16.6 Å². The van der Waals surface area contributed by atoms with E-state index in [1.807, 2.05) is 27.7 Å². The smallest absolute Gasteiger partial charge is 0.242 e. The fourth-order valence-electron chi connectivity index (χ4n) is 9.07. The molecule has 0 aromatic heterocycles. The minimum Gasteiger partial charge on any atom is -0.455 e. The van der Waals surface area contributed by atoms with Crippen molar-refractivity contribution >= 4 is 108 Å². The molecule has 4 heterocycles. The molecule has 0 spiro atoms. The van der Waals surface area contributed by atoms with Crippen molar-refractivity contribution in [2.75, 3.05) is 27.2 Å². The number of nitrogens with zero attached hydrogens (tertiary/aromatic N) is 8. The first-order valence-electron chi connectivity index (χ1n) is 25.1. The van der Waals surface area contributed by atoms with Gasteiger partial charge in [-0.3, -0.25) is 38.8 Å². The number of carbonyl (C=O) groups is 4. The summed E-state index contributed by atoms with van der Waals surface area (Å²) in [7, 11) is -0.759. The van der Waals surface area contributed by atoms with Crippen molar-refractivity contribution in [3.63, 3.8) is 0 Å². The number of carbonyl (C=O) groups excluding carboxylic acids is 4. The van der Waals surface area contributed by atoms with Crippen LogP contribution in [0.5, 0.6) is 0 Å². The quantitative estimate of drug-likeness (QED) is 0.0298. The first kappa shape index (κ1) is 57.4. The monoisotopic (exact) mass is 1030 g/mol. The van der Waals surface area contributed by atoms with E-state index in [0.29, 0.717) is 33.8 Å². The van der Waals surface area contributed by atoms with Gasteiger partial charge in [0.1, 0.15) is 0 Å². The largest absolute Gasteiger partial charge is 0.455 e. The van der Waals surface area contributed by atoms with Crippen LogP contribution in [0, 0.1) is 0 Å². The van der Waals surface area contributed by atoms with Gasteiger partial charge in [-0.25, -0.2) is 0 Å². The Morgan fingerprint density at radius 3 is 1.13 bits per heavy atom. The molecule has 0 saturated carbocycles. The van der Waals surface area contributed by atoms with Gasteiger partial charge in [0.05, 0.1) is 21.0 Å². The molecule has 0 radical (unpaired) electrons. The minimum absolute atomic E-state index is 0.00393. The number of thioether (sulfide) groups is 4. The molecule has 0 bridgehead atoms. The predicted octanol–water partition coefficient (Wildman–Crippen LogP) is 11.9. The molecule has 4 saturated heterocycles. The molecule has 4 atom stereocenters. The maximum atomic E-state index is 13.5. The van der Waals surface area contributed by atoms with E-state index in [0.717, 1.165) is 87.4 Å². The molecular formula is C48H82N8O5S4Si2. The first-order valence-corrected chi connectivity index (χ1v) is 33.7. The Morgan fingerprint density at radius 1 is 0.507 bits per heavy atom. The molecule has 4 amide bonds. The number of hydrogen-bond donors (Lipinski definition) is 0. The third-order valence-electron chi connectivity index (χ3n) is 12.9. The van der Waals surface area contributed by atoms with Gasteiger partial charge in [-0.15, -0.1) is 20.4 Å². The summed E-state index contributed by atoms with van der Waals surface area (Å²) in [6.45, 7) is 25.5. The molecule has 0 aromatic carbocycles. The van der Waals surface area contributed by atoms with Gasteiger partial charge in [-0.2, -0.15) is 0 Å². The number of rotatable bonds is 30. The number of hydrogen-bond acceptors (Lipinski definition) is 13. The van der Waals surface area contributed by atoms with Crippen LogP contribution in [0.4, 0.5) is 0 Å². The zero-order valence-corrected chi connectivity index (χ0v) is 47.8. The Kier molecular flexibility index (Phi) is 24.0. The highest BCUT2D eigenvalue weighted by atomic mass is 32.2. The van der Waals surface area contributed by atoms with Crippen LogP contribution in [0.15, 0.2) is 44.7 Å². The summed E-state index contributed by atoms with van der Waals surface area (Å²) in [5, 5.41) is 19.4. The summed E-state index contributed by atoms with van der Waals surface area (Å²) in [4.78, 5) is 59.1. The van der Waals surface area contributed by atoms with Gasteiger partial charge >= 0.3 is 0 Å². The second kappa shape index (κ2) is 28.0. The van der Waals surface area contributed by atoms with Crippen LogP contribution in [-0.4, -0.2) is 129 Å². The Morgan fingerprint density at radius 2 is 0.821 bits per heavy atom. The molecule has 4 unspecified atom stereocenters. The second-order valence-corrected chi connectivity index (χ2v) is 32.7. The van der Waals surface area contributed by atoms with Crippen LogP contribution in [-0.2, 0) is 23.3 Å². The Hall–Kier alpha value is -2.17. The summed E-state index contributed by atoms with van der Waals surface area (Å²) in [5.74, 6) is 0.140. The second-order valence-electron chi connectivity index (χ2n) is 19.2. The van der Waals surface area contributed by atoms with E-state index in [2.05, 4.69) is 61.3 Å². The van der Waals surface area contributed by atoms with E-state index in [1.165, 1.54) is 96.9 Å². The van der Waals surface area contributed by atoms with Crippen molar-refractivity contribution in [3.05, 3.63) is 24.3 Å². The van der Waals surface area contributed by atoms with Crippen molar-refractivity contribution in [1.29, 1.82) is 0 Å². The zero-order chi connectivity index (χ0) is 49.3. The zero-order valence-electron chi connectivity index (χ0n) is 42.5. The Bertz CT molecular complexity index is 1740. The van der Waals surface area contributed by atoms with Crippen LogP contribution < -0.4 is 0 Å². The van der Waals surface area contributed by atoms with Crippen molar-refractivity contribution < 1.29 is 23.3 Å². The minimum atomic E-state index is -2.16. The van der Waals surface area contributed by atoms with Crippen LogP contribution >= 0.6 is 47.0 Å². The average Bonchev–Trinajstić information content (AvgIpc) is 3.93. The van der Waals surface area contributed by atoms with Crippen LogP contribution in [0.1, 0.15) is 145 Å². The summed E-state index contributed by atoms with van der Waals surface area (Å²) in [6, 6.07) is 7.10. The highest BCUT2D eigenvalue weighted by Gasteiger charge is 2.45. The fourth-order valence-corrected chi connectivity index (χ4v) is 26.6. The molecule has 376 valence electrons. The third kappa shape index (κ3) is 16.4. The molecule has 19 heteroatoms. The molecule has 4 rings (SSSR count). The summed E-state index contributed by atoms with van der Waals surface area (Å²) >= 11 is 5.78. The van der Waals surface area contributed by atoms with Gasteiger partial charge in [0.2, 0.25) is 23.6 Å². The molecular weight excluding hydrogens is 953 g/mol. The lowest BCUT2D eigenvalue weighted by Gasteiger charge is -2.44. The Balaban J connectivity index is 1.44. The van der Waals surface area contributed by atoms with Gasteiger partial charge in [-0.1, -0.05) is 176 Å². The van der Waals surface area contributed by atoms with Crippen molar-refractivity contribution in [2.45, 2.75) is 203 Å². The maximum absolute atomic E-state index is 13.5. The lowest BCUT2D eigenvalue weighted by Crippen LogP contribution is -2.51. The van der Waals surface area contributed by atoms with Crippen molar-refractivity contribution in [1.82, 2.24) is 19.6 Å². The molecule has 0 aliphatic carbocycles. The number of amidine groups is 4. The van der Waals surface area contributed by atoms with Crippen molar-refractivity contribution in [2.24, 2.45) is 20.4 Å². The van der Waals surface area contributed by atoms with E-state index in [1.54, 1.807) is 33.7 Å². The Labute approximate surface area is 422 Å². The predicted molar refractivity (Wildman–Crippen MR) is 294 cm³/mol. The lowest BCUT2D eigenvalue weighted by atomic mass is 10.2. The third-order valence-corrected chi connectivity index (χ3v) is 28.7. The first-order chi connectivity index (χ1) is 31.9. The lowest BCUT2D eigenvalue weighted by molar-refractivity contribution is -0.126. The van der Waals surface area contributed by atoms with Gasteiger partial charge in [0.25, 0.3) is 0 Å². The van der Waals surface area contributed by atoms with E-state index in [4.69, 9.17) is 4.12 Å². The molecule has 13 nitrogen and oxygen atoms in total. The summed E-state index contributed by atoms with van der Waals surface area (Å²) in [5.41, 5.74) is 1.75. The molecule has 4 aliphatic heterocycles. The standard InChI is InChI=1S/C48H82N8O5S4Si2/c1-13-17-27-66(28-18-14-2,31-23-21-25-39-43(59)53(11)45(64-39)49-51-47-55(33-35(5)6)41(57)37(9)62-47)61-67(29-19-15-3,30-20-16-4)32-24-22-26-40-44(60)54(12)46(65-40)50-52-48-56(34-36(7)8)42(58)38(10)63-48/h37-40H,5,7,13-34H2,1-4,6,8-12H3. The van der Waals surface area contributed by atoms with Crippen LogP contribution in [0.3, 0.4) is 0 Å². The van der Waals surface area contributed by atoms with E-state index in [9.17, 15) is 19.2 Å². The van der Waals surface area contributed by atoms with Gasteiger partial charge in [0, 0.05) is 27.2 Å². The summed E-state index contributed by atoms with van der Waals surface area (Å²) < 4.78 is 8.12. The SMILES string of the molecule is C=C(C)CN1C(=O)C(C)SC1=NN=C1SC(CCCC[Si](CCCC)(CCCC)O[Si](CCCC)(CCCC)CCCCC2SC(=NN=C3SC(C)C(=O)N3CC(=C)C)N(C)C2=O)C(=O)N1C. The van der Waals surface area contributed by atoms with E-state index in [-0.39, 0.29) is 44.6 Å². The highest BCUT2D eigenvalue weighted by molar-refractivity contribution is 8.16. The summed E-state index contributed by atoms with van der Waals surface area (Å²) in [6.07, 6.45) is 15.0. The average molecular weight is 1040 g/mol. The van der Waals surface area contributed by atoms with E-state index >= 15 is 0 Å². The normalized spacial score (nSPS) is 24.1. The topological polar surface area (TPSA) is 140 Å². The number of unbranched alkanes of at least 4 members (excludes halogenated alkanes) is 6. The molecule has 4 fully saturated rings. The maximum Gasteiger partial charge on any atom is 0.242 e. The molecule has 67 heavy (non-hydrogen) atoms. The van der Waals surface area contributed by atoms with Gasteiger partial charge in [-0.05, 0) is 76.8 Å². The molecule has 0 aromatic rings. The molecule has 0 N–H and O–H groups in total. The highest BCUT2D eigenvalue weighted by Crippen LogP contribution is 2.41. The van der Waals surface area contributed by atoms with Gasteiger partial charge in [0.15, 0.2) is 37.3 Å². The fraction of sp³-hybridized carbons (Fsp3) is 0.750. The number of amides is 4. The molecule has 4 aliphatic rings. The van der Waals surface area contributed by atoms with Crippen molar-refractivity contribution in [3.8, 4) is 0 Å². The van der Waals surface area contributed by atoms with Crippen LogP contribution in [0.25, 0.3) is 0 Å². The van der Waals surface area contributed by atoms with Gasteiger partial charge < -0.3 is 4.12 Å².